The van der Waals surface area contributed by atoms with Gasteiger partial charge in [-0.1, -0.05) is 19.1 Å². The smallest absolute Gasteiger partial charge is 0.168 e. The number of benzene rings is 1. The highest BCUT2D eigenvalue weighted by Gasteiger charge is 2.15. The number of Topliss-reactive ketones (excluding diaryl/α,β-unsaturated/α-hetero) is 1. The van der Waals surface area contributed by atoms with E-state index in [0.29, 0.717) is 17.7 Å². The molecule has 0 fully saturated rings. The van der Waals surface area contributed by atoms with Crippen molar-refractivity contribution in [3.8, 4) is 5.75 Å². The molecule has 0 aliphatic heterocycles. The highest BCUT2D eigenvalue weighted by atomic mass is 16.5. The van der Waals surface area contributed by atoms with Crippen LogP contribution < -0.4 is 10.5 Å². The average Bonchev–Trinajstić information content (AvgIpc) is 2.28. The van der Waals surface area contributed by atoms with Gasteiger partial charge in [0.2, 0.25) is 0 Å². The lowest BCUT2D eigenvalue weighted by molar-refractivity contribution is 0.0968. The van der Waals surface area contributed by atoms with Gasteiger partial charge >= 0.3 is 0 Å². The van der Waals surface area contributed by atoms with Crippen molar-refractivity contribution in [2.75, 3.05) is 0 Å². The molecule has 0 amide bonds. The lowest BCUT2D eigenvalue weighted by atomic mass is 10.0. The summed E-state index contributed by atoms with van der Waals surface area (Å²) in [6, 6.07) is 7.26. The molecule has 1 aromatic carbocycles. The zero-order valence-corrected chi connectivity index (χ0v) is 10.8. The summed E-state index contributed by atoms with van der Waals surface area (Å²) in [6.45, 7) is 5.87. The lowest BCUT2D eigenvalue weighted by Crippen LogP contribution is -2.23. The van der Waals surface area contributed by atoms with Crippen molar-refractivity contribution in [2.45, 2.75) is 45.8 Å². The molecule has 1 rings (SSSR count). The van der Waals surface area contributed by atoms with Gasteiger partial charge in [-0.3, -0.25) is 4.79 Å². The molecular formula is C14H21NO2. The second-order valence-electron chi connectivity index (χ2n) is 4.46. The minimum Gasteiger partial charge on any atom is -0.490 e. The van der Waals surface area contributed by atoms with E-state index >= 15 is 0 Å². The van der Waals surface area contributed by atoms with Crippen LogP contribution in [0.25, 0.3) is 0 Å². The number of para-hydroxylation sites is 1. The van der Waals surface area contributed by atoms with Crippen LogP contribution in [0.15, 0.2) is 24.3 Å². The first-order valence-corrected chi connectivity index (χ1v) is 6.09. The maximum atomic E-state index is 12.1. The fourth-order valence-electron chi connectivity index (χ4n) is 1.55. The minimum absolute atomic E-state index is 0.0515. The summed E-state index contributed by atoms with van der Waals surface area (Å²) < 4.78 is 5.62. The van der Waals surface area contributed by atoms with E-state index in [1.807, 2.05) is 39.0 Å². The molecule has 2 N–H and O–H groups in total. The molecule has 0 spiro atoms. The Morgan fingerprint density at radius 2 is 2.00 bits per heavy atom. The van der Waals surface area contributed by atoms with Crippen LogP contribution in [0.4, 0.5) is 0 Å². The topological polar surface area (TPSA) is 52.3 Å². The molecule has 0 saturated heterocycles. The van der Waals surface area contributed by atoms with Crippen LogP contribution >= 0.6 is 0 Å². The Morgan fingerprint density at radius 1 is 1.35 bits per heavy atom. The van der Waals surface area contributed by atoms with Gasteiger partial charge in [-0.2, -0.15) is 0 Å². The third kappa shape index (κ3) is 4.19. The zero-order valence-electron chi connectivity index (χ0n) is 10.8. The predicted octanol–water partition coefficient (Wildman–Crippen LogP) is 2.78. The van der Waals surface area contributed by atoms with Crippen LogP contribution in [0.2, 0.25) is 0 Å². The van der Waals surface area contributed by atoms with E-state index in [1.54, 1.807) is 6.07 Å². The van der Waals surface area contributed by atoms with E-state index in [0.717, 1.165) is 6.42 Å². The van der Waals surface area contributed by atoms with E-state index in [-0.39, 0.29) is 17.9 Å². The molecule has 0 aliphatic rings. The molecule has 1 unspecified atom stereocenters. The van der Waals surface area contributed by atoms with E-state index in [9.17, 15) is 4.79 Å². The summed E-state index contributed by atoms with van der Waals surface area (Å²) >= 11 is 0. The van der Waals surface area contributed by atoms with Crippen molar-refractivity contribution in [3.05, 3.63) is 29.8 Å². The van der Waals surface area contributed by atoms with E-state index in [1.165, 1.54) is 0 Å². The lowest BCUT2D eigenvalue weighted by Gasteiger charge is -2.14. The first kappa shape index (κ1) is 13.7. The minimum atomic E-state index is -0.0744. The van der Waals surface area contributed by atoms with Crippen LogP contribution in [-0.4, -0.2) is 17.9 Å². The quantitative estimate of drug-likeness (QED) is 0.771. The molecule has 0 bridgehead atoms. The molecule has 1 atom stereocenters. The van der Waals surface area contributed by atoms with Crippen LogP contribution in [0.1, 0.15) is 44.0 Å². The number of hydrogen-bond donors (Lipinski definition) is 1. The van der Waals surface area contributed by atoms with E-state index in [2.05, 4.69) is 0 Å². The Balaban J connectivity index is 2.85. The molecule has 0 radical (unpaired) electrons. The Morgan fingerprint density at radius 3 is 2.59 bits per heavy atom. The van der Waals surface area contributed by atoms with E-state index < -0.39 is 0 Å². The summed E-state index contributed by atoms with van der Waals surface area (Å²) in [4.78, 5) is 12.1. The third-order valence-electron chi connectivity index (χ3n) is 2.52. The number of rotatable bonds is 6. The number of ketones is 1. The summed E-state index contributed by atoms with van der Waals surface area (Å²) in [7, 11) is 0. The molecular weight excluding hydrogens is 214 g/mol. The highest BCUT2D eigenvalue weighted by Crippen LogP contribution is 2.21. The highest BCUT2D eigenvalue weighted by molar-refractivity contribution is 5.99. The van der Waals surface area contributed by atoms with Crippen LogP contribution in [0.3, 0.4) is 0 Å². The molecule has 94 valence electrons. The van der Waals surface area contributed by atoms with Crippen molar-refractivity contribution in [3.63, 3.8) is 0 Å². The fraction of sp³-hybridized carbons (Fsp3) is 0.500. The van der Waals surface area contributed by atoms with Gasteiger partial charge in [-0.15, -0.1) is 0 Å². The van der Waals surface area contributed by atoms with Crippen LogP contribution in [0.5, 0.6) is 5.75 Å². The summed E-state index contributed by atoms with van der Waals surface area (Å²) in [5, 5.41) is 0. The average molecular weight is 235 g/mol. The second kappa shape index (κ2) is 6.40. The van der Waals surface area contributed by atoms with Crippen molar-refractivity contribution < 1.29 is 9.53 Å². The van der Waals surface area contributed by atoms with Crippen LogP contribution in [0, 0.1) is 0 Å². The van der Waals surface area contributed by atoms with Gasteiger partial charge in [0.05, 0.1) is 11.7 Å². The number of carbonyl (C=O) groups is 1. The van der Waals surface area contributed by atoms with Gasteiger partial charge < -0.3 is 10.5 Å². The Labute approximate surface area is 103 Å². The molecule has 17 heavy (non-hydrogen) atoms. The standard InChI is InChI=1S/C14H21NO2/c1-4-11(15)9-13(16)12-7-5-6-8-14(12)17-10(2)3/h5-8,10-11H,4,9,15H2,1-3H3. The second-order valence-corrected chi connectivity index (χ2v) is 4.46. The number of carbonyl (C=O) groups excluding carboxylic acids is 1. The first-order valence-electron chi connectivity index (χ1n) is 6.09. The number of hydrogen-bond acceptors (Lipinski definition) is 3. The first-order chi connectivity index (χ1) is 8.04. The van der Waals surface area contributed by atoms with Gasteiger partial charge in [0.15, 0.2) is 5.78 Å². The fourth-order valence-corrected chi connectivity index (χ4v) is 1.55. The third-order valence-corrected chi connectivity index (χ3v) is 2.52. The largest absolute Gasteiger partial charge is 0.490 e. The van der Waals surface area contributed by atoms with E-state index in [4.69, 9.17) is 10.5 Å². The SMILES string of the molecule is CCC(N)CC(=O)c1ccccc1OC(C)C. The Kier molecular flexibility index (Phi) is 5.16. The summed E-state index contributed by atoms with van der Waals surface area (Å²) in [6.07, 6.45) is 1.23. The maximum absolute atomic E-state index is 12.1. The van der Waals surface area contributed by atoms with Crippen molar-refractivity contribution in [1.82, 2.24) is 0 Å². The zero-order chi connectivity index (χ0) is 12.8. The normalized spacial score (nSPS) is 12.5. The van der Waals surface area contributed by atoms with Gasteiger partial charge in [-0.05, 0) is 32.4 Å². The van der Waals surface area contributed by atoms with Gasteiger partial charge in [-0.25, -0.2) is 0 Å². The summed E-state index contributed by atoms with van der Waals surface area (Å²) in [5.74, 6) is 0.700. The van der Waals surface area contributed by atoms with Crippen molar-refractivity contribution in [2.24, 2.45) is 5.73 Å². The Bertz CT molecular complexity index is 374. The van der Waals surface area contributed by atoms with Gasteiger partial charge in [0.1, 0.15) is 5.75 Å². The van der Waals surface area contributed by atoms with Crippen LogP contribution in [-0.2, 0) is 0 Å². The van der Waals surface area contributed by atoms with Crippen molar-refractivity contribution >= 4 is 5.78 Å². The molecule has 3 heteroatoms. The molecule has 0 saturated carbocycles. The van der Waals surface area contributed by atoms with Crippen molar-refractivity contribution in [1.29, 1.82) is 0 Å². The van der Waals surface area contributed by atoms with Gasteiger partial charge in [0.25, 0.3) is 0 Å². The molecule has 0 aromatic heterocycles. The Hall–Kier alpha value is -1.35. The predicted molar refractivity (Wildman–Crippen MR) is 69.4 cm³/mol. The monoisotopic (exact) mass is 235 g/mol. The molecule has 0 aliphatic carbocycles. The molecule has 3 nitrogen and oxygen atoms in total. The maximum Gasteiger partial charge on any atom is 0.168 e. The molecule has 0 heterocycles. The number of nitrogens with two attached hydrogens (primary N) is 1. The summed E-state index contributed by atoms with van der Waals surface area (Å²) in [5.41, 5.74) is 6.43. The van der Waals surface area contributed by atoms with Gasteiger partial charge in [0, 0.05) is 12.5 Å². The molecule has 1 aromatic rings. The number of ether oxygens (including phenoxy) is 1.